The Hall–Kier alpha value is 0.472. The Labute approximate surface area is 118 Å². The van der Waals surface area contributed by atoms with E-state index in [1.165, 1.54) is 6.92 Å². The molecule has 6 heteroatoms. The largest absolute Gasteiger partial charge is 0.542 e. The standard InChI is InChI=1S/C5H5N2O2.2CH3.W.Y/c1-3(8)5-4(9)2-6-7-5;;;;/h9H,1H3,(H,6,7);2*1H3;;/q3*-1;;. The molecule has 0 spiro atoms. The summed E-state index contributed by atoms with van der Waals surface area (Å²) in [4.78, 5) is 10.5. The van der Waals surface area contributed by atoms with E-state index in [-0.39, 0.29) is 85.9 Å². The van der Waals surface area contributed by atoms with Crippen LogP contribution in [0.15, 0.2) is 0 Å². The molecule has 0 aliphatic rings. The number of Topliss-reactive ketones (excluding diaryl/α,β-unsaturated/α-hetero) is 1. The van der Waals surface area contributed by atoms with E-state index in [0.717, 1.165) is 0 Å². The fraction of sp³-hybridized carbons (Fsp3) is 0.143. The van der Waals surface area contributed by atoms with Crippen LogP contribution in [0, 0.1) is 21.1 Å². The number of rotatable bonds is 1. The molecular formula is C7H11N2O2WY-3. The first kappa shape index (κ1) is 23.4. The summed E-state index contributed by atoms with van der Waals surface area (Å²) >= 11 is 0. The summed E-state index contributed by atoms with van der Waals surface area (Å²) in [5, 5.41) is 14.4. The second kappa shape index (κ2) is 10.6. The molecule has 1 heterocycles. The number of H-pyrrole nitrogens is 1. The van der Waals surface area contributed by atoms with Crippen molar-refractivity contribution in [3.8, 4) is 5.75 Å². The molecule has 1 rings (SSSR count). The number of hydrogen-bond acceptors (Lipinski definition) is 3. The number of hydrogen-bond donors (Lipinski definition) is 2. The fourth-order valence-corrected chi connectivity index (χ4v) is 0.494. The number of carbonyl (C=O) groups excluding carboxylic acids is 1. The van der Waals surface area contributed by atoms with Crippen molar-refractivity contribution in [2.24, 2.45) is 0 Å². The monoisotopic (exact) mass is 428 g/mol. The van der Waals surface area contributed by atoms with Crippen LogP contribution >= 0.6 is 0 Å². The second-order valence-corrected chi connectivity index (χ2v) is 1.60. The van der Waals surface area contributed by atoms with E-state index in [0.29, 0.717) is 0 Å². The van der Waals surface area contributed by atoms with Gasteiger partial charge in [0.2, 0.25) is 0 Å². The van der Waals surface area contributed by atoms with Crippen LogP contribution in [0.25, 0.3) is 0 Å². The van der Waals surface area contributed by atoms with Gasteiger partial charge in [0.1, 0.15) is 5.78 Å². The van der Waals surface area contributed by atoms with Gasteiger partial charge in [0.05, 0.1) is 0 Å². The van der Waals surface area contributed by atoms with E-state index < -0.39 is 0 Å². The third-order valence-electron chi connectivity index (χ3n) is 0.900. The first-order chi connectivity index (χ1) is 4.22. The van der Waals surface area contributed by atoms with E-state index in [1.54, 1.807) is 0 Å². The minimum absolute atomic E-state index is 0. The Morgan fingerprint density at radius 3 is 2.15 bits per heavy atom. The maximum atomic E-state index is 10.5. The van der Waals surface area contributed by atoms with Crippen molar-refractivity contribution in [1.29, 1.82) is 0 Å². The predicted octanol–water partition coefficient (Wildman–Crippen LogP) is 1.01. The van der Waals surface area contributed by atoms with Gasteiger partial charge in [-0.25, -0.2) is 0 Å². The summed E-state index contributed by atoms with van der Waals surface area (Å²) in [5.74, 6) is -0.493. The topological polar surface area (TPSA) is 66.0 Å². The summed E-state index contributed by atoms with van der Waals surface area (Å²) in [6, 6.07) is 0. The van der Waals surface area contributed by atoms with Crippen LogP contribution in [0.1, 0.15) is 17.4 Å². The maximum absolute atomic E-state index is 10.5. The van der Waals surface area contributed by atoms with Crippen molar-refractivity contribution in [3.63, 3.8) is 0 Å². The Balaban J connectivity index is -0.000000101. The van der Waals surface area contributed by atoms with Gasteiger partial charge < -0.3 is 29.9 Å². The zero-order valence-electron chi connectivity index (χ0n) is 7.79. The van der Waals surface area contributed by atoms with Gasteiger partial charge in [-0.3, -0.25) is 5.10 Å². The molecule has 0 aliphatic carbocycles. The van der Waals surface area contributed by atoms with E-state index >= 15 is 0 Å². The van der Waals surface area contributed by atoms with Gasteiger partial charge in [-0.2, -0.15) is 0 Å². The van der Waals surface area contributed by atoms with E-state index in [2.05, 4.69) is 16.4 Å². The molecule has 0 saturated heterocycles. The van der Waals surface area contributed by atoms with Crippen LogP contribution in [0.2, 0.25) is 0 Å². The third-order valence-corrected chi connectivity index (χ3v) is 0.900. The van der Waals surface area contributed by atoms with E-state index in [9.17, 15) is 4.79 Å². The minimum Gasteiger partial charge on any atom is -0.542 e. The van der Waals surface area contributed by atoms with Gasteiger partial charge in [-0.1, -0.05) is 0 Å². The van der Waals surface area contributed by atoms with Gasteiger partial charge >= 0.3 is 0 Å². The molecule has 1 aromatic heterocycles. The fourth-order valence-electron chi connectivity index (χ4n) is 0.494. The molecule has 0 aliphatic heterocycles. The number of aromatic nitrogens is 2. The van der Waals surface area contributed by atoms with Crippen LogP contribution in [0.3, 0.4) is 0 Å². The predicted molar refractivity (Wildman–Crippen MR) is 41.9 cm³/mol. The van der Waals surface area contributed by atoms with Gasteiger partial charge in [0, 0.05) is 59.5 Å². The Bertz CT molecular complexity index is 240. The zero-order valence-corrected chi connectivity index (χ0v) is 13.6. The Kier molecular flexibility index (Phi) is 19.0. The molecule has 2 N–H and O–H groups in total. The van der Waals surface area contributed by atoms with Crippen molar-refractivity contribution in [2.75, 3.05) is 0 Å². The molecule has 0 aromatic carbocycles. The van der Waals surface area contributed by atoms with Crippen molar-refractivity contribution >= 4 is 5.78 Å². The van der Waals surface area contributed by atoms with Crippen LogP contribution in [0.4, 0.5) is 0 Å². The summed E-state index contributed by atoms with van der Waals surface area (Å²) in [6.45, 7) is 1.32. The first-order valence-electron chi connectivity index (χ1n) is 2.37. The number of nitrogens with one attached hydrogen (secondary N) is 1. The van der Waals surface area contributed by atoms with E-state index in [4.69, 9.17) is 5.11 Å². The Morgan fingerprint density at radius 2 is 2.00 bits per heavy atom. The molecule has 0 bridgehead atoms. The average molecular weight is 428 g/mol. The zero-order chi connectivity index (χ0) is 6.85. The molecular weight excluding hydrogens is 417 g/mol. The van der Waals surface area contributed by atoms with Gasteiger partial charge in [0.15, 0.2) is 0 Å². The van der Waals surface area contributed by atoms with Crippen molar-refractivity contribution in [1.82, 2.24) is 10.2 Å². The van der Waals surface area contributed by atoms with Gasteiger partial charge in [-0.15, -0.1) is 6.20 Å². The maximum Gasteiger partial charge on any atom is 0.102 e. The van der Waals surface area contributed by atoms with Crippen LogP contribution in [-0.4, -0.2) is 21.1 Å². The molecule has 0 fully saturated rings. The van der Waals surface area contributed by atoms with Crippen molar-refractivity contribution in [2.45, 2.75) is 6.92 Å². The molecule has 4 nitrogen and oxygen atoms in total. The number of aromatic hydroxyl groups is 1. The Morgan fingerprint density at radius 1 is 1.54 bits per heavy atom. The van der Waals surface area contributed by atoms with Gasteiger partial charge in [0.25, 0.3) is 0 Å². The summed E-state index contributed by atoms with van der Waals surface area (Å²) < 4.78 is 0. The van der Waals surface area contributed by atoms with Gasteiger partial charge in [-0.05, 0) is 12.7 Å². The minimum atomic E-state index is -0.273. The number of carbonyl (C=O) groups is 1. The third kappa shape index (κ3) is 6.53. The molecule has 1 radical (unpaired) electrons. The number of aromatic amines is 1. The normalized spacial score (nSPS) is 6.54. The first-order valence-corrected chi connectivity index (χ1v) is 2.37. The second-order valence-electron chi connectivity index (χ2n) is 1.60. The molecule has 73 valence electrons. The molecule has 0 unspecified atom stereocenters. The average Bonchev–Trinajstić information content (AvgIpc) is 2.13. The van der Waals surface area contributed by atoms with Crippen LogP contribution < -0.4 is 0 Å². The molecule has 1 aromatic rings. The summed E-state index contributed by atoms with van der Waals surface area (Å²) in [7, 11) is 0. The number of nitrogens with zero attached hydrogens (tertiary/aromatic N) is 1. The molecule has 0 atom stereocenters. The van der Waals surface area contributed by atoms with Crippen molar-refractivity contribution in [3.05, 3.63) is 26.7 Å². The smallest absolute Gasteiger partial charge is 0.102 e. The van der Waals surface area contributed by atoms with Crippen LogP contribution in [-0.2, 0) is 53.8 Å². The summed E-state index contributed by atoms with van der Waals surface area (Å²) in [5.41, 5.74) is 0.0370. The molecule has 0 amide bonds. The SMILES string of the molecule is CC(=O)c1n[nH][c-]c1O.[CH3-].[CH3-].[W].[Y]. The summed E-state index contributed by atoms with van der Waals surface area (Å²) in [6.07, 6.45) is 2.25. The number of ketones is 1. The molecule has 13 heavy (non-hydrogen) atoms. The van der Waals surface area contributed by atoms with E-state index in [1.807, 2.05) is 0 Å². The van der Waals surface area contributed by atoms with Crippen molar-refractivity contribution < 1.29 is 63.7 Å². The molecule has 0 saturated carbocycles. The quantitative estimate of drug-likeness (QED) is 0.519. The van der Waals surface area contributed by atoms with Crippen LogP contribution in [0.5, 0.6) is 5.75 Å².